The number of hydrogen-bond acceptors (Lipinski definition) is 11. The Morgan fingerprint density at radius 3 is 0.762 bits per heavy atom. The monoisotopic (exact) mass is 1180 g/mol. The minimum Gasteiger partial charge on any atom is -0.314 e. The van der Waals surface area contributed by atoms with E-state index in [1.165, 1.54) is 258 Å². The number of fused-ring (bicyclic) bond motifs is 17. The third-order valence-electron chi connectivity index (χ3n) is 25.3. The van der Waals surface area contributed by atoms with Crippen LogP contribution < -0.4 is 10.6 Å². The van der Waals surface area contributed by atoms with Crippen molar-refractivity contribution >= 4 is 0 Å². The van der Waals surface area contributed by atoms with Crippen molar-refractivity contribution in [3.8, 4) is 0 Å². The third kappa shape index (κ3) is 20.3. The number of nitrogens with zero attached hydrogens (tertiary/aromatic N) is 9. The van der Waals surface area contributed by atoms with Gasteiger partial charge in [0.05, 0.1) is 0 Å². The maximum absolute atomic E-state index is 3.58. The molecule has 18 rings (SSSR count). The van der Waals surface area contributed by atoms with E-state index in [0.29, 0.717) is 0 Å². The third-order valence-corrected chi connectivity index (χ3v) is 25.3. The summed E-state index contributed by atoms with van der Waals surface area (Å²) in [6.45, 7) is 11.8. The molecule has 10 unspecified atom stereocenters. The molecule has 0 aromatic heterocycles. The number of piperazine rings is 2. The van der Waals surface area contributed by atoms with Crippen LogP contribution in [0.25, 0.3) is 0 Å². The van der Waals surface area contributed by atoms with Gasteiger partial charge in [0.1, 0.15) is 0 Å². The molecule has 18 fully saturated rings. The zero-order valence-corrected chi connectivity index (χ0v) is 52.7. The van der Waals surface area contributed by atoms with Crippen LogP contribution in [0.15, 0.2) is 0 Å². The maximum Gasteiger partial charge on any atom is 0.0221 e. The van der Waals surface area contributed by atoms with Crippen molar-refractivity contribution < 1.29 is 0 Å². The van der Waals surface area contributed by atoms with Crippen LogP contribution in [0.5, 0.6) is 0 Å². The average molecular weight is 1180 g/mol. The van der Waals surface area contributed by atoms with Gasteiger partial charge in [0.2, 0.25) is 0 Å². The van der Waals surface area contributed by atoms with Crippen LogP contribution in [0, 0.1) is 29.6 Å². The average Bonchev–Trinajstić information content (AvgIpc) is 4.36. The van der Waals surface area contributed by atoms with Crippen LogP contribution >= 0.6 is 0 Å². The SMILES string of the molecule is C.C.C.C.C.C.CN1C2CCC1CC2.CN1C2CCC1CNC2.CN1C2CCCC1CC2.CN1C2CCCC1CCC2.CN1CC2CCC(C1)N2.CN1CC2CCC1C2.CN1CC2CCCC2C1.CN1C[C@@H]2CC[C@H]1C2.CN1C[C@H]2CC[C@@H]1C2. The Hall–Kier alpha value is -0.440. The van der Waals surface area contributed by atoms with Gasteiger partial charge >= 0.3 is 0 Å². The summed E-state index contributed by atoms with van der Waals surface area (Å²) in [6, 6.07) is 12.0. The van der Waals surface area contributed by atoms with E-state index in [1.54, 1.807) is 0 Å². The first kappa shape index (κ1) is 76.0. The highest BCUT2D eigenvalue weighted by molar-refractivity contribution is 4.96. The van der Waals surface area contributed by atoms with Gasteiger partial charge in [-0.3, -0.25) is 4.90 Å². The highest BCUT2D eigenvalue weighted by Crippen LogP contribution is 2.40. The zero-order valence-electron chi connectivity index (χ0n) is 52.7. The van der Waals surface area contributed by atoms with E-state index in [-0.39, 0.29) is 44.6 Å². The molecule has 0 spiro atoms. The first-order chi connectivity index (χ1) is 37.8. The molecule has 18 aliphatic rings. The molecule has 11 heteroatoms. The Balaban J connectivity index is 0.000000201. The fourth-order valence-electron chi connectivity index (χ4n) is 20.1. The van der Waals surface area contributed by atoms with Crippen LogP contribution in [-0.2, 0) is 0 Å². The molecule has 84 heavy (non-hydrogen) atoms. The van der Waals surface area contributed by atoms with E-state index < -0.39 is 0 Å². The minimum absolute atomic E-state index is 0. The largest absolute Gasteiger partial charge is 0.314 e. The summed E-state index contributed by atoms with van der Waals surface area (Å²) >= 11 is 0. The Kier molecular flexibility index (Phi) is 33.1. The fraction of sp³-hybridized carbons (Fsp3) is 1.00. The molecular weight excluding hydrogens is 1030 g/mol. The Morgan fingerprint density at radius 1 is 0.250 bits per heavy atom. The molecule has 16 bridgehead atoms. The molecule has 14 atom stereocenters. The first-order valence-electron chi connectivity index (χ1n) is 34.6. The van der Waals surface area contributed by atoms with E-state index in [1.807, 2.05) is 0 Å². The summed E-state index contributed by atoms with van der Waals surface area (Å²) in [4.78, 5) is 22.7. The summed E-state index contributed by atoms with van der Waals surface area (Å²) in [5, 5.41) is 7.01. The lowest BCUT2D eigenvalue weighted by molar-refractivity contribution is 0.0673. The Bertz CT molecular complexity index is 1560. The van der Waals surface area contributed by atoms with E-state index in [0.717, 1.165) is 108 Å². The standard InChI is InChI=1S/C9H17N.2C8H15N.2C7H14N2.4C7H13N.6CH4/c1-10-8-4-2-5-9(10)7-3-6-8;1-9-5-7-3-2-4-8(7)6-9;1-9-7-3-2-4-8(9)6-5-7;1-9-4-6-2-3-7(5-9)8-6;1-9-6-2-3-7(9)5-8-4-6;3*1-8-5-6-2-3-7(8)4-6;1-8-6-2-3-7(8)5-4-6;;;;;;/h8-9H,2-7H2,1H3;2*7-8H,2-6H2,1H3;2*6-8H,2-5H2,1H3;4*6-7H,2-5H2,1H3;6*1H4/t;;;;;2*6-,7+;;;;;;;;/m.....10......../s1. The number of likely N-dealkylation sites (tertiary alicyclic amines) is 5. The summed E-state index contributed by atoms with van der Waals surface area (Å²) in [7, 11) is 20.4. The lowest BCUT2D eigenvalue weighted by atomic mass is 9.85. The topological polar surface area (TPSA) is 53.2 Å². The molecule has 14 aliphatic heterocycles. The highest BCUT2D eigenvalue weighted by atomic mass is 15.3. The Morgan fingerprint density at radius 2 is 0.512 bits per heavy atom. The van der Waals surface area contributed by atoms with Crippen molar-refractivity contribution in [3.63, 3.8) is 0 Å². The van der Waals surface area contributed by atoms with Gasteiger partial charge < -0.3 is 49.8 Å². The molecule has 0 amide bonds. The number of rotatable bonds is 0. The van der Waals surface area contributed by atoms with Crippen LogP contribution in [0.4, 0.5) is 0 Å². The Labute approximate surface area is 526 Å². The van der Waals surface area contributed by atoms with Crippen molar-refractivity contribution in [2.45, 2.75) is 322 Å². The highest BCUT2D eigenvalue weighted by Gasteiger charge is 2.40. The van der Waals surface area contributed by atoms with Gasteiger partial charge in [0.15, 0.2) is 0 Å². The van der Waals surface area contributed by atoms with Crippen LogP contribution in [0.2, 0.25) is 0 Å². The normalized spacial score (nSPS) is 41.2. The summed E-state index contributed by atoms with van der Waals surface area (Å²) in [6.07, 6.45) is 45.7. The van der Waals surface area contributed by atoms with Gasteiger partial charge in [-0.15, -0.1) is 0 Å². The second-order valence-electron chi connectivity index (χ2n) is 30.5. The smallest absolute Gasteiger partial charge is 0.0221 e. The van der Waals surface area contributed by atoms with Gasteiger partial charge in [-0.05, 0) is 266 Å². The molecule has 498 valence electrons. The fourth-order valence-corrected chi connectivity index (χ4v) is 20.1. The van der Waals surface area contributed by atoms with Crippen LogP contribution in [0.3, 0.4) is 0 Å². The van der Waals surface area contributed by atoms with Gasteiger partial charge in [-0.1, -0.05) is 70.2 Å². The van der Waals surface area contributed by atoms with Gasteiger partial charge in [-0.2, -0.15) is 0 Å². The molecule has 11 nitrogen and oxygen atoms in total. The van der Waals surface area contributed by atoms with Crippen molar-refractivity contribution in [2.24, 2.45) is 29.6 Å². The molecule has 0 aromatic carbocycles. The summed E-state index contributed by atoms with van der Waals surface area (Å²) in [5.41, 5.74) is 0. The zero-order chi connectivity index (χ0) is 54.3. The molecular formula is C73H151N11. The first-order valence-corrected chi connectivity index (χ1v) is 34.6. The lowest BCUT2D eigenvalue weighted by Crippen LogP contribution is -2.49. The summed E-state index contributed by atoms with van der Waals surface area (Å²) in [5.74, 6) is 5.38. The van der Waals surface area contributed by atoms with Crippen molar-refractivity contribution in [1.82, 2.24) is 54.7 Å². The quantitative estimate of drug-likeness (QED) is 0.244. The predicted molar refractivity (Wildman–Crippen MR) is 370 cm³/mol. The molecule has 4 saturated carbocycles. The van der Waals surface area contributed by atoms with Gasteiger partial charge in [-0.25, -0.2) is 0 Å². The van der Waals surface area contributed by atoms with E-state index >= 15 is 0 Å². The van der Waals surface area contributed by atoms with E-state index in [4.69, 9.17) is 0 Å². The predicted octanol–water partition coefficient (Wildman–Crippen LogP) is 13.5. The molecule has 2 N–H and O–H groups in total. The molecule has 0 radical (unpaired) electrons. The lowest BCUT2D eigenvalue weighted by Gasteiger charge is -2.43. The second-order valence-corrected chi connectivity index (χ2v) is 30.5. The van der Waals surface area contributed by atoms with Gasteiger partial charge in [0.25, 0.3) is 0 Å². The second kappa shape index (κ2) is 36.6. The van der Waals surface area contributed by atoms with Crippen molar-refractivity contribution in [3.05, 3.63) is 0 Å². The van der Waals surface area contributed by atoms with E-state index in [9.17, 15) is 0 Å². The van der Waals surface area contributed by atoms with Crippen LogP contribution in [0.1, 0.15) is 244 Å². The number of likely N-dealkylation sites (N-methyl/N-ethyl adjacent to an activating group) is 2. The molecule has 14 heterocycles. The molecule has 0 aromatic rings. The number of hydrogen-bond donors (Lipinski definition) is 2. The van der Waals surface area contributed by atoms with Crippen molar-refractivity contribution in [2.75, 3.05) is 122 Å². The summed E-state index contributed by atoms with van der Waals surface area (Å²) < 4.78 is 0. The van der Waals surface area contributed by atoms with Gasteiger partial charge in [0, 0.05) is 137 Å². The molecule has 14 saturated heterocycles. The van der Waals surface area contributed by atoms with E-state index in [2.05, 4.69) is 118 Å². The molecule has 4 aliphatic carbocycles. The number of piperidine rings is 6. The number of nitrogens with one attached hydrogen (secondary N) is 2. The maximum atomic E-state index is 3.58. The van der Waals surface area contributed by atoms with Crippen molar-refractivity contribution in [1.29, 1.82) is 0 Å². The minimum atomic E-state index is 0. The van der Waals surface area contributed by atoms with Crippen LogP contribution in [-0.4, -0.2) is 245 Å².